The molecule has 0 saturated heterocycles. The lowest BCUT2D eigenvalue weighted by Gasteiger charge is -2.17. The molecule has 1 fully saturated rings. The molecule has 0 spiro atoms. The van der Waals surface area contributed by atoms with Gasteiger partial charge in [0, 0.05) is 18.0 Å². The van der Waals surface area contributed by atoms with Gasteiger partial charge in [-0.25, -0.2) is 4.79 Å². The molecule has 1 atom stereocenters. The number of aryl methyl sites for hydroxylation is 1. The van der Waals surface area contributed by atoms with Crippen LogP contribution in [0.5, 0.6) is 0 Å². The summed E-state index contributed by atoms with van der Waals surface area (Å²) in [5.74, 6) is -0.00810. The van der Waals surface area contributed by atoms with Gasteiger partial charge in [-0.05, 0) is 43.7 Å². The average Bonchev–Trinajstić information content (AvgIpc) is 3.31. The van der Waals surface area contributed by atoms with Crippen LogP contribution in [0.4, 0.5) is 0 Å². The first kappa shape index (κ1) is 14.8. The Morgan fingerprint density at radius 3 is 2.82 bits per heavy atom. The fourth-order valence-corrected chi connectivity index (χ4v) is 2.87. The van der Waals surface area contributed by atoms with Gasteiger partial charge in [0.25, 0.3) is 5.91 Å². The number of fused-ring (bicyclic) bond motifs is 1. The SMILES string of the molecule is Cc1c(C(=O)NC(CCO)C2CC2)c(=O)oc2ccccc12. The minimum atomic E-state index is -0.618. The van der Waals surface area contributed by atoms with E-state index >= 15 is 0 Å². The Morgan fingerprint density at radius 1 is 1.41 bits per heavy atom. The number of nitrogens with one attached hydrogen (secondary N) is 1. The highest BCUT2D eigenvalue weighted by atomic mass is 16.4. The van der Waals surface area contributed by atoms with Crippen LogP contribution in [0.25, 0.3) is 11.0 Å². The summed E-state index contributed by atoms with van der Waals surface area (Å²) in [5.41, 5.74) is 0.549. The van der Waals surface area contributed by atoms with Crippen molar-refractivity contribution in [3.63, 3.8) is 0 Å². The number of para-hydroxylation sites is 1. The molecule has 22 heavy (non-hydrogen) atoms. The molecule has 1 saturated carbocycles. The van der Waals surface area contributed by atoms with Gasteiger partial charge in [-0.15, -0.1) is 0 Å². The number of amides is 1. The first-order valence-corrected chi connectivity index (χ1v) is 7.56. The number of hydrogen-bond acceptors (Lipinski definition) is 4. The standard InChI is InChI=1S/C17H19NO4/c1-10-12-4-2-3-5-14(12)22-17(21)15(10)16(20)18-13(8-9-19)11-6-7-11/h2-5,11,13,19H,6-9H2,1H3,(H,18,20). The van der Waals surface area contributed by atoms with Crippen LogP contribution in [-0.2, 0) is 0 Å². The van der Waals surface area contributed by atoms with Crippen molar-refractivity contribution < 1.29 is 14.3 Å². The highest BCUT2D eigenvalue weighted by Crippen LogP contribution is 2.34. The molecule has 1 unspecified atom stereocenters. The van der Waals surface area contributed by atoms with Gasteiger partial charge in [-0.2, -0.15) is 0 Å². The predicted molar refractivity (Wildman–Crippen MR) is 82.9 cm³/mol. The number of aliphatic hydroxyl groups is 1. The smallest absolute Gasteiger partial charge is 0.349 e. The van der Waals surface area contributed by atoms with Crippen molar-refractivity contribution in [1.82, 2.24) is 5.32 Å². The fourth-order valence-electron chi connectivity index (χ4n) is 2.87. The number of rotatable bonds is 5. The van der Waals surface area contributed by atoms with E-state index in [1.165, 1.54) is 0 Å². The van der Waals surface area contributed by atoms with Crippen LogP contribution in [0.3, 0.4) is 0 Å². The summed E-state index contributed by atoms with van der Waals surface area (Å²) in [5, 5.41) is 12.8. The van der Waals surface area contributed by atoms with Gasteiger partial charge < -0.3 is 14.8 Å². The van der Waals surface area contributed by atoms with Gasteiger partial charge in [0.2, 0.25) is 0 Å². The van der Waals surface area contributed by atoms with Gasteiger partial charge >= 0.3 is 5.63 Å². The van der Waals surface area contributed by atoms with Crippen LogP contribution in [0.1, 0.15) is 35.2 Å². The van der Waals surface area contributed by atoms with Crippen LogP contribution in [0.15, 0.2) is 33.5 Å². The topological polar surface area (TPSA) is 79.5 Å². The van der Waals surface area contributed by atoms with Crippen molar-refractivity contribution in [3.05, 3.63) is 45.8 Å². The van der Waals surface area contributed by atoms with E-state index in [-0.39, 0.29) is 18.2 Å². The summed E-state index contributed by atoms with van der Waals surface area (Å²) in [6.07, 6.45) is 2.61. The van der Waals surface area contributed by atoms with E-state index in [1.807, 2.05) is 12.1 Å². The highest BCUT2D eigenvalue weighted by molar-refractivity contribution is 5.99. The zero-order chi connectivity index (χ0) is 15.7. The van der Waals surface area contributed by atoms with Crippen molar-refractivity contribution in [2.75, 3.05) is 6.61 Å². The van der Waals surface area contributed by atoms with Gasteiger partial charge in [0.05, 0.1) is 0 Å². The van der Waals surface area contributed by atoms with Crippen LogP contribution in [0.2, 0.25) is 0 Å². The molecule has 5 nitrogen and oxygen atoms in total. The minimum absolute atomic E-state index is 0.0206. The van der Waals surface area contributed by atoms with E-state index in [0.717, 1.165) is 18.2 Å². The molecular formula is C17H19NO4. The maximum Gasteiger partial charge on any atom is 0.349 e. The summed E-state index contributed by atoms with van der Waals surface area (Å²) in [7, 11) is 0. The predicted octanol–water partition coefficient (Wildman–Crippen LogP) is 1.99. The lowest BCUT2D eigenvalue weighted by atomic mass is 10.0. The normalized spacial score (nSPS) is 15.7. The van der Waals surface area contributed by atoms with E-state index in [9.17, 15) is 9.59 Å². The third-order valence-electron chi connectivity index (χ3n) is 4.25. The molecule has 1 heterocycles. The maximum atomic E-state index is 12.5. The summed E-state index contributed by atoms with van der Waals surface area (Å²) >= 11 is 0. The van der Waals surface area contributed by atoms with E-state index in [0.29, 0.717) is 23.5 Å². The molecule has 0 radical (unpaired) electrons. The third-order valence-corrected chi connectivity index (χ3v) is 4.25. The lowest BCUT2D eigenvalue weighted by Crippen LogP contribution is -2.39. The molecule has 3 rings (SSSR count). The zero-order valence-corrected chi connectivity index (χ0v) is 12.5. The van der Waals surface area contributed by atoms with Gasteiger partial charge in [-0.3, -0.25) is 4.79 Å². The van der Waals surface area contributed by atoms with E-state index in [2.05, 4.69) is 5.32 Å². The molecule has 116 valence electrons. The maximum absolute atomic E-state index is 12.5. The summed E-state index contributed by atoms with van der Waals surface area (Å²) < 4.78 is 5.25. The molecule has 2 N–H and O–H groups in total. The molecular weight excluding hydrogens is 282 g/mol. The molecule has 1 amide bonds. The summed E-state index contributed by atoms with van der Waals surface area (Å²) in [4.78, 5) is 24.6. The van der Waals surface area contributed by atoms with Crippen LogP contribution in [-0.4, -0.2) is 23.7 Å². The Labute approximate surface area is 127 Å². The van der Waals surface area contributed by atoms with Crippen molar-refractivity contribution in [1.29, 1.82) is 0 Å². The third kappa shape index (κ3) is 2.76. The van der Waals surface area contributed by atoms with Crippen molar-refractivity contribution in [3.8, 4) is 0 Å². The second-order valence-corrected chi connectivity index (χ2v) is 5.82. The van der Waals surface area contributed by atoms with Gasteiger partial charge in [0.1, 0.15) is 11.1 Å². The Balaban J connectivity index is 1.95. The minimum Gasteiger partial charge on any atom is -0.422 e. The van der Waals surface area contributed by atoms with Crippen molar-refractivity contribution in [2.45, 2.75) is 32.2 Å². The Morgan fingerprint density at radius 2 is 2.14 bits per heavy atom. The molecule has 1 aromatic heterocycles. The largest absolute Gasteiger partial charge is 0.422 e. The molecule has 0 bridgehead atoms. The van der Waals surface area contributed by atoms with E-state index in [4.69, 9.17) is 9.52 Å². The first-order valence-electron chi connectivity index (χ1n) is 7.56. The Hall–Kier alpha value is -2.14. The molecule has 5 heteroatoms. The molecule has 2 aromatic rings. The zero-order valence-electron chi connectivity index (χ0n) is 12.5. The number of aliphatic hydroxyl groups excluding tert-OH is 1. The highest BCUT2D eigenvalue weighted by Gasteiger charge is 2.33. The average molecular weight is 301 g/mol. The molecule has 1 aromatic carbocycles. The first-order chi connectivity index (χ1) is 10.6. The van der Waals surface area contributed by atoms with Crippen LogP contribution >= 0.6 is 0 Å². The summed E-state index contributed by atoms with van der Waals surface area (Å²) in [6.45, 7) is 1.78. The number of hydrogen-bond donors (Lipinski definition) is 2. The molecule has 1 aliphatic rings. The number of carbonyl (C=O) groups is 1. The summed E-state index contributed by atoms with van der Waals surface area (Å²) in [6, 6.07) is 7.09. The second-order valence-electron chi connectivity index (χ2n) is 5.82. The quantitative estimate of drug-likeness (QED) is 0.828. The molecule has 1 aliphatic carbocycles. The Kier molecular flexibility index (Phi) is 3.98. The van der Waals surface area contributed by atoms with E-state index < -0.39 is 11.5 Å². The van der Waals surface area contributed by atoms with Crippen molar-refractivity contribution in [2.24, 2.45) is 5.92 Å². The van der Waals surface area contributed by atoms with Gasteiger partial charge in [0.15, 0.2) is 0 Å². The lowest BCUT2D eigenvalue weighted by molar-refractivity contribution is 0.0920. The molecule has 0 aliphatic heterocycles. The number of benzene rings is 1. The van der Waals surface area contributed by atoms with E-state index in [1.54, 1.807) is 19.1 Å². The van der Waals surface area contributed by atoms with Crippen LogP contribution in [0, 0.1) is 12.8 Å². The fraction of sp³-hybridized carbons (Fsp3) is 0.412. The monoisotopic (exact) mass is 301 g/mol. The van der Waals surface area contributed by atoms with Gasteiger partial charge in [-0.1, -0.05) is 18.2 Å². The number of carbonyl (C=O) groups excluding carboxylic acids is 1. The van der Waals surface area contributed by atoms with Crippen molar-refractivity contribution >= 4 is 16.9 Å². The Bertz CT molecular complexity index is 761. The second kappa shape index (κ2) is 5.93. The van der Waals surface area contributed by atoms with Crippen LogP contribution < -0.4 is 10.9 Å².